The minimum atomic E-state index is -0.270. The highest BCUT2D eigenvalue weighted by atomic mass is 16.5. The Balaban J connectivity index is 2.25. The number of nitrogens with two attached hydrogens (primary N) is 1. The maximum atomic E-state index is 10.7. The van der Waals surface area contributed by atoms with Gasteiger partial charge in [0.05, 0.1) is 0 Å². The lowest BCUT2D eigenvalue weighted by atomic mass is 10.0. The average Bonchev–Trinajstić information content (AvgIpc) is 2.26. The Labute approximate surface area is 88.5 Å². The van der Waals surface area contributed by atoms with E-state index >= 15 is 0 Å². The van der Waals surface area contributed by atoms with Gasteiger partial charge < -0.3 is 10.5 Å². The highest BCUT2D eigenvalue weighted by Gasteiger charge is 2.10. The largest absolute Gasteiger partial charge is 0.489 e. The Hall–Kier alpha value is -1.77. The van der Waals surface area contributed by atoms with E-state index < -0.39 is 0 Å². The predicted molar refractivity (Wildman–Crippen MR) is 58.5 cm³/mol. The molecule has 0 atom stereocenters. The Kier molecular flexibility index (Phi) is 2.72. The number of carbonyl (C=O) groups is 1. The number of rotatable bonds is 3. The molecule has 1 amide bonds. The summed E-state index contributed by atoms with van der Waals surface area (Å²) in [6.07, 6.45) is 5.06. The van der Waals surface area contributed by atoms with Crippen LogP contribution in [0.1, 0.15) is 17.5 Å². The Bertz CT molecular complexity index is 410. The van der Waals surface area contributed by atoms with E-state index in [9.17, 15) is 4.79 Å². The summed E-state index contributed by atoms with van der Waals surface area (Å²) in [6.45, 7) is 0.617. The molecule has 0 saturated carbocycles. The fourth-order valence-electron chi connectivity index (χ4n) is 1.68. The maximum absolute atomic E-state index is 10.7. The van der Waals surface area contributed by atoms with Crippen LogP contribution in [0, 0.1) is 0 Å². The normalized spacial score (nSPS) is 13.1. The highest BCUT2D eigenvalue weighted by Crippen LogP contribution is 2.27. The number of hydrogen-bond donors (Lipinski definition) is 1. The van der Waals surface area contributed by atoms with Crippen LogP contribution in [0.5, 0.6) is 5.75 Å². The van der Waals surface area contributed by atoms with Crippen molar-refractivity contribution in [3.63, 3.8) is 0 Å². The van der Waals surface area contributed by atoms with Crippen molar-refractivity contribution in [3.05, 3.63) is 35.4 Å². The molecule has 15 heavy (non-hydrogen) atoms. The van der Waals surface area contributed by atoms with Gasteiger partial charge in [0.1, 0.15) is 12.4 Å². The average molecular weight is 203 g/mol. The number of carbonyl (C=O) groups excluding carboxylic acids is 1. The second-order valence-corrected chi connectivity index (χ2v) is 3.51. The molecule has 2 N–H and O–H groups in total. The quantitative estimate of drug-likeness (QED) is 0.809. The Morgan fingerprint density at radius 3 is 3.13 bits per heavy atom. The number of aryl methyl sites for hydroxylation is 1. The van der Waals surface area contributed by atoms with Crippen LogP contribution in [-0.4, -0.2) is 12.5 Å². The van der Waals surface area contributed by atoms with Gasteiger partial charge in [-0.25, -0.2) is 0 Å². The van der Waals surface area contributed by atoms with Crippen molar-refractivity contribution < 1.29 is 9.53 Å². The molecule has 0 aromatic heterocycles. The van der Waals surface area contributed by atoms with Crippen LogP contribution in [0.4, 0.5) is 0 Å². The van der Waals surface area contributed by atoms with Crippen LogP contribution < -0.4 is 10.5 Å². The van der Waals surface area contributed by atoms with Crippen LogP contribution >= 0.6 is 0 Å². The number of primary amides is 1. The van der Waals surface area contributed by atoms with Crippen LogP contribution in [0.15, 0.2) is 24.3 Å². The molecule has 1 aliphatic rings. The lowest BCUT2D eigenvalue weighted by Gasteiger charge is -2.15. The van der Waals surface area contributed by atoms with Crippen molar-refractivity contribution in [1.82, 2.24) is 0 Å². The molecule has 0 saturated heterocycles. The first kappa shape index (κ1) is 9.77. The second-order valence-electron chi connectivity index (χ2n) is 3.51. The van der Waals surface area contributed by atoms with Crippen LogP contribution in [0.3, 0.4) is 0 Å². The van der Waals surface area contributed by atoms with Gasteiger partial charge in [-0.1, -0.05) is 18.2 Å². The van der Waals surface area contributed by atoms with E-state index in [0.29, 0.717) is 19.4 Å². The molecule has 0 unspecified atom stereocenters. The molecule has 1 aromatic rings. The zero-order chi connectivity index (χ0) is 10.7. The van der Waals surface area contributed by atoms with E-state index in [4.69, 9.17) is 10.5 Å². The van der Waals surface area contributed by atoms with Gasteiger partial charge in [-0.2, -0.15) is 0 Å². The third-order valence-corrected chi connectivity index (χ3v) is 2.42. The molecule has 0 bridgehead atoms. The molecule has 1 aromatic carbocycles. The molecule has 3 nitrogen and oxygen atoms in total. The molecular formula is C12H13NO2. The van der Waals surface area contributed by atoms with E-state index in [0.717, 1.165) is 16.9 Å². The van der Waals surface area contributed by atoms with Crippen LogP contribution in [0.2, 0.25) is 0 Å². The highest BCUT2D eigenvalue weighted by molar-refractivity contribution is 5.74. The van der Waals surface area contributed by atoms with Crippen molar-refractivity contribution in [3.8, 4) is 5.75 Å². The van der Waals surface area contributed by atoms with Crippen molar-refractivity contribution in [2.24, 2.45) is 5.73 Å². The van der Waals surface area contributed by atoms with Gasteiger partial charge in [-0.15, -0.1) is 0 Å². The summed E-state index contributed by atoms with van der Waals surface area (Å²) in [5, 5.41) is 0. The van der Waals surface area contributed by atoms with Gasteiger partial charge in [0.25, 0.3) is 0 Å². The first-order chi connectivity index (χ1) is 7.27. The van der Waals surface area contributed by atoms with Gasteiger partial charge in [-0.3, -0.25) is 4.79 Å². The summed E-state index contributed by atoms with van der Waals surface area (Å²) >= 11 is 0. The van der Waals surface area contributed by atoms with Crippen molar-refractivity contribution in [1.29, 1.82) is 0 Å². The van der Waals surface area contributed by atoms with Crippen molar-refractivity contribution in [2.45, 2.75) is 12.8 Å². The Morgan fingerprint density at radius 2 is 2.33 bits per heavy atom. The summed E-state index contributed by atoms with van der Waals surface area (Å²) in [5.74, 6) is 0.618. The summed E-state index contributed by atoms with van der Waals surface area (Å²) in [6, 6.07) is 5.88. The zero-order valence-electron chi connectivity index (χ0n) is 8.40. The summed E-state index contributed by atoms with van der Waals surface area (Å²) in [5.41, 5.74) is 7.32. The zero-order valence-corrected chi connectivity index (χ0v) is 8.40. The van der Waals surface area contributed by atoms with E-state index in [-0.39, 0.29) is 5.91 Å². The monoisotopic (exact) mass is 203 g/mol. The minimum Gasteiger partial charge on any atom is -0.489 e. The first-order valence-corrected chi connectivity index (χ1v) is 4.97. The molecule has 1 heterocycles. The molecule has 0 spiro atoms. The maximum Gasteiger partial charge on any atom is 0.217 e. The van der Waals surface area contributed by atoms with E-state index in [1.54, 1.807) is 0 Å². The third kappa shape index (κ3) is 2.18. The van der Waals surface area contributed by atoms with E-state index in [1.165, 1.54) is 0 Å². The van der Waals surface area contributed by atoms with Gasteiger partial charge in [-0.05, 0) is 24.1 Å². The topological polar surface area (TPSA) is 52.3 Å². The number of ether oxygens (including phenoxy) is 1. The fraction of sp³-hybridized carbons (Fsp3) is 0.250. The van der Waals surface area contributed by atoms with Gasteiger partial charge in [0.15, 0.2) is 0 Å². The molecule has 0 aliphatic carbocycles. The molecule has 3 heteroatoms. The summed E-state index contributed by atoms with van der Waals surface area (Å²) < 4.78 is 5.47. The molecular weight excluding hydrogens is 190 g/mol. The Morgan fingerprint density at radius 1 is 1.47 bits per heavy atom. The third-order valence-electron chi connectivity index (χ3n) is 2.42. The number of fused-ring (bicyclic) bond motifs is 1. The first-order valence-electron chi connectivity index (χ1n) is 4.97. The number of amides is 1. The number of benzene rings is 1. The molecule has 0 radical (unpaired) electrons. The summed E-state index contributed by atoms with van der Waals surface area (Å²) in [4.78, 5) is 10.7. The van der Waals surface area contributed by atoms with Crippen LogP contribution in [0.25, 0.3) is 6.08 Å². The standard InChI is InChI=1S/C12H13NO2/c13-12(14)7-6-9-3-1-5-11-10(9)4-2-8-15-11/h1-5H,6-8H2,(H2,13,14). The second kappa shape index (κ2) is 4.17. The predicted octanol–water partition coefficient (Wildman–Crippen LogP) is 1.51. The summed E-state index contributed by atoms with van der Waals surface area (Å²) in [7, 11) is 0. The van der Waals surface area contributed by atoms with Crippen LogP contribution in [-0.2, 0) is 11.2 Å². The number of hydrogen-bond acceptors (Lipinski definition) is 2. The van der Waals surface area contributed by atoms with Crippen molar-refractivity contribution >= 4 is 12.0 Å². The lowest BCUT2D eigenvalue weighted by molar-refractivity contribution is -0.117. The molecule has 2 rings (SSSR count). The smallest absolute Gasteiger partial charge is 0.217 e. The van der Waals surface area contributed by atoms with Gasteiger partial charge >= 0.3 is 0 Å². The lowest BCUT2D eigenvalue weighted by Crippen LogP contribution is -2.12. The van der Waals surface area contributed by atoms with Gasteiger partial charge in [0, 0.05) is 12.0 Å². The van der Waals surface area contributed by atoms with E-state index in [1.807, 2.05) is 30.4 Å². The van der Waals surface area contributed by atoms with Crippen molar-refractivity contribution in [2.75, 3.05) is 6.61 Å². The molecule has 0 fully saturated rings. The minimum absolute atomic E-state index is 0.270. The van der Waals surface area contributed by atoms with E-state index in [2.05, 4.69) is 0 Å². The molecule has 78 valence electrons. The van der Waals surface area contributed by atoms with Gasteiger partial charge in [0.2, 0.25) is 5.91 Å². The SMILES string of the molecule is NC(=O)CCc1cccc2c1C=CCO2. The fourth-order valence-corrected chi connectivity index (χ4v) is 1.68. The molecule has 1 aliphatic heterocycles.